The van der Waals surface area contributed by atoms with Crippen LogP contribution in [0, 0.1) is 12.8 Å². The quantitative estimate of drug-likeness (QED) is 0.579. The Bertz CT molecular complexity index is 834. The fraction of sp³-hybridized carbons (Fsp3) is 0.500. The van der Waals surface area contributed by atoms with Crippen molar-refractivity contribution < 1.29 is 14.3 Å². The maximum Gasteiger partial charge on any atom is 0.309 e. The maximum absolute atomic E-state index is 12.8. The number of fused-ring (bicyclic) bond motifs is 1. The molecule has 1 atom stereocenters. The lowest BCUT2D eigenvalue weighted by atomic mass is 9.97. The van der Waals surface area contributed by atoms with Crippen LogP contribution in [0.15, 0.2) is 29.3 Å². The molecule has 1 aromatic heterocycles. The number of para-hydroxylation sites is 2. The number of ether oxygens (including phenoxy) is 1. The number of hydrogen-bond donors (Lipinski definition) is 0. The van der Waals surface area contributed by atoms with Crippen molar-refractivity contribution >= 4 is 34.7 Å². The Hall–Kier alpha value is -2.15. The summed E-state index contributed by atoms with van der Waals surface area (Å²) in [5.74, 6) is -0.156. The third-order valence-electron chi connectivity index (χ3n) is 4.76. The molecule has 1 fully saturated rings. The van der Waals surface area contributed by atoms with Crippen LogP contribution in [0.2, 0.25) is 0 Å². The molecule has 0 radical (unpaired) electrons. The van der Waals surface area contributed by atoms with Crippen LogP contribution >= 0.6 is 11.8 Å². The highest BCUT2D eigenvalue weighted by molar-refractivity contribution is 8.00. The topological polar surface area (TPSA) is 72.4 Å². The van der Waals surface area contributed by atoms with Gasteiger partial charge in [-0.1, -0.05) is 23.9 Å². The summed E-state index contributed by atoms with van der Waals surface area (Å²) in [4.78, 5) is 35.8. The number of esters is 1. The molecule has 1 aliphatic heterocycles. The van der Waals surface area contributed by atoms with Gasteiger partial charge in [-0.05, 0) is 45.7 Å². The van der Waals surface area contributed by atoms with E-state index in [1.54, 1.807) is 0 Å². The molecule has 0 aliphatic carbocycles. The summed E-state index contributed by atoms with van der Waals surface area (Å²) in [6.07, 6.45) is 1.33. The Morgan fingerprint density at radius 3 is 2.48 bits per heavy atom. The van der Waals surface area contributed by atoms with Crippen molar-refractivity contribution in [1.29, 1.82) is 0 Å². The van der Waals surface area contributed by atoms with Gasteiger partial charge in [-0.3, -0.25) is 9.59 Å². The molecule has 144 valence electrons. The lowest BCUT2D eigenvalue weighted by molar-refractivity contribution is -0.151. The van der Waals surface area contributed by atoms with Crippen molar-refractivity contribution in [2.45, 2.75) is 43.9 Å². The number of rotatable bonds is 5. The van der Waals surface area contributed by atoms with E-state index in [1.807, 2.05) is 49.9 Å². The van der Waals surface area contributed by atoms with E-state index in [0.717, 1.165) is 21.8 Å². The summed E-state index contributed by atoms with van der Waals surface area (Å²) < 4.78 is 5.09. The molecule has 0 saturated carbocycles. The van der Waals surface area contributed by atoms with Crippen LogP contribution in [0.1, 0.15) is 32.4 Å². The molecule has 3 rings (SSSR count). The Balaban J connectivity index is 1.61. The number of aromatic nitrogens is 2. The lowest BCUT2D eigenvalue weighted by Gasteiger charge is -2.32. The summed E-state index contributed by atoms with van der Waals surface area (Å²) in [5.41, 5.74) is 2.53. The molecule has 0 N–H and O–H groups in total. The summed E-state index contributed by atoms with van der Waals surface area (Å²) in [6, 6.07) is 7.74. The van der Waals surface area contributed by atoms with E-state index in [4.69, 9.17) is 4.74 Å². The fourth-order valence-electron chi connectivity index (χ4n) is 3.25. The normalized spacial score (nSPS) is 16.3. The van der Waals surface area contributed by atoms with E-state index < -0.39 is 0 Å². The molecule has 1 saturated heterocycles. The SMILES string of the molecule is CCOC(=O)C1CCN(C(=O)C(C)Sc2nc3ccccc3nc2C)CC1. The van der Waals surface area contributed by atoms with Crippen LogP contribution in [0.3, 0.4) is 0 Å². The van der Waals surface area contributed by atoms with E-state index in [-0.39, 0.29) is 23.0 Å². The number of piperidine rings is 1. The Morgan fingerprint density at radius 2 is 1.85 bits per heavy atom. The van der Waals surface area contributed by atoms with Crippen molar-refractivity contribution in [2.24, 2.45) is 5.92 Å². The highest BCUT2D eigenvalue weighted by Gasteiger charge is 2.30. The molecule has 1 amide bonds. The number of thioether (sulfide) groups is 1. The zero-order valence-electron chi connectivity index (χ0n) is 16.0. The van der Waals surface area contributed by atoms with Gasteiger partial charge in [0.05, 0.1) is 34.5 Å². The van der Waals surface area contributed by atoms with Gasteiger partial charge in [-0.15, -0.1) is 0 Å². The minimum absolute atomic E-state index is 0.0802. The number of hydrogen-bond acceptors (Lipinski definition) is 6. The number of benzene rings is 1. The minimum Gasteiger partial charge on any atom is -0.466 e. The second-order valence-corrected chi connectivity index (χ2v) is 8.04. The second kappa shape index (κ2) is 8.69. The smallest absolute Gasteiger partial charge is 0.309 e. The van der Waals surface area contributed by atoms with Crippen LogP contribution < -0.4 is 0 Å². The highest BCUT2D eigenvalue weighted by Crippen LogP contribution is 2.28. The van der Waals surface area contributed by atoms with Crippen molar-refractivity contribution in [2.75, 3.05) is 19.7 Å². The van der Waals surface area contributed by atoms with Gasteiger partial charge in [0.15, 0.2) is 0 Å². The van der Waals surface area contributed by atoms with Crippen LogP contribution in [0.4, 0.5) is 0 Å². The first kappa shape index (κ1) is 19.6. The average molecular weight is 388 g/mol. The molecule has 1 aromatic carbocycles. The maximum atomic E-state index is 12.8. The largest absolute Gasteiger partial charge is 0.466 e. The van der Waals surface area contributed by atoms with Gasteiger partial charge in [0.2, 0.25) is 5.91 Å². The monoisotopic (exact) mass is 387 g/mol. The van der Waals surface area contributed by atoms with E-state index in [0.29, 0.717) is 32.5 Å². The van der Waals surface area contributed by atoms with Crippen LogP contribution in [-0.2, 0) is 14.3 Å². The highest BCUT2D eigenvalue weighted by atomic mass is 32.2. The number of amides is 1. The first-order chi connectivity index (χ1) is 13.0. The van der Waals surface area contributed by atoms with E-state index in [1.165, 1.54) is 11.8 Å². The van der Waals surface area contributed by atoms with Crippen LogP contribution in [-0.4, -0.2) is 51.7 Å². The van der Waals surface area contributed by atoms with Crippen molar-refractivity contribution in [1.82, 2.24) is 14.9 Å². The van der Waals surface area contributed by atoms with Gasteiger partial charge < -0.3 is 9.64 Å². The first-order valence-electron chi connectivity index (χ1n) is 9.35. The van der Waals surface area contributed by atoms with Crippen LogP contribution in [0.25, 0.3) is 11.0 Å². The Kier molecular flexibility index (Phi) is 6.31. The zero-order valence-corrected chi connectivity index (χ0v) is 16.8. The zero-order chi connectivity index (χ0) is 19.4. The molecule has 27 heavy (non-hydrogen) atoms. The number of aryl methyl sites for hydroxylation is 1. The molecule has 7 heteroatoms. The summed E-state index contributed by atoms with van der Waals surface area (Å²) in [6.45, 7) is 7.22. The van der Waals surface area contributed by atoms with Crippen LogP contribution in [0.5, 0.6) is 0 Å². The molecular weight excluding hydrogens is 362 g/mol. The molecule has 2 heterocycles. The lowest BCUT2D eigenvalue weighted by Crippen LogP contribution is -2.43. The summed E-state index contributed by atoms with van der Waals surface area (Å²) in [7, 11) is 0. The fourth-order valence-corrected chi connectivity index (χ4v) is 4.21. The number of nitrogens with zero attached hydrogens (tertiary/aromatic N) is 3. The molecule has 1 unspecified atom stereocenters. The second-order valence-electron chi connectivity index (χ2n) is 6.71. The molecular formula is C20H25N3O3S. The van der Waals surface area contributed by atoms with E-state index in [9.17, 15) is 9.59 Å². The van der Waals surface area contributed by atoms with Gasteiger partial charge in [0.1, 0.15) is 5.03 Å². The molecule has 1 aliphatic rings. The predicted molar refractivity (Wildman–Crippen MR) is 106 cm³/mol. The third kappa shape index (κ3) is 4.58. The van der Waals surface area contributed by atoms with Gasteiger partial charge >= 0.3 is 5.97 Å². The van der Waals surface area contributed by atoms with Crippen molar-refractivity contribution in [3.63, 3.8) is 0 Å². The Morgan fingerprint density at radius 1 is 1.22 bits per heavy atom. The average Bonchev–Trinajstić information content (AvgIpc) is 2.68. The van der Waals surface area contributed by atoms with E-state index >= 15 is 0 Å². The predicted octanol–water partition coefficient (Wildman–Crippen LogP) is 3.22. The third-order valence-corrected chi connectivity index (χ3v) is 5.93. The molecule has 0 bridgehead atoms. The number of likely N-dealkylation sites (tertiary alicyclic amines) is 1. The van der Waals surface area contributed by atoms with E-state index in [2.05, 4.69) is 9.97 Å². The van der Waals surface area contributed by atoms with Gasteiger partial charge in [-0.25, -0.2) is 9.97 Å². The summed E-state index contributed by atoms with van der Waals surface area (Å²) in [5, 5.41) is 0.536. The van der Waals surface area contributed by atoms with Gasteiger partial charge in [0.25, 0.3) is 0 Å². The number of carbonyl (C=O) groups excluding carboxylic acids is 2. The van der Waals surface area contributed by atoms with Crippen molar-refractivity contribution in [3.05, 3.63) is 30.0 Å². The van der Waals surface area contributed by atoms with Gasteiger partial charge in [-0.2, -0.15) is 0 Å². The Labute approximate surface area is 163 Å². The summed E-state index contributed by atoms with van der Waals surface area (Å²) >= 11 is 1.45. The minimum atomic E-state index is -0.252. The molecule has 0 spiro atoms. The molecule has 6 nitrogen and oxygen atoms in total. The van der Waals surface area contributed by atoms with Gasteiger partial charge in [0, 0.05) is 13.1 Å². The number of carbonyl (C=O) groups is 2. The molecule has 2 aromatic rings. The standard InChI is InChI=1S/C20H25N3O3S/c1-4-26-20(25)15-9-11-23(12-10-15)19(24)14(3)27-18-13(2)21-16-7-5-6-8-17(16)22-18/h5-8,14-15H,4,9-12H2,1-3H3. The van der Waals surface area contributed by atoms with Crippen molar-refractivity contribution in [3.8, 4) is 0 Å². The first-order valence-corrected chi connectivity index (χ1v) is 10.2.